The van der Waals surface area contributed by atoms with Crippen molar-refractivity contribution in [1.82, 2.24) is 26.2 Å². The molecule has 3 fully saturated rings. The van der Waals surface area contributed by atoms with E-state index in [1.165, 1.54) is 17.0 Å². The maximum absolute atomic E-state index is 14.5. The minimum absolute atomic E-state index is 0.00210. The summed E-state index contributed by atoms with van der Waals surface area (Å²) >= 11 is 0. The molecular formula is C39H53N5O7S. The Labute approximate surface area is 308 Å². The van der Waals surface area contributed by atoms with Crippen molar-refractivity contribution in [2.75, 3.05) is 18.8 Å². The second-order valence-corrected chi connectivity index (χ2v) is 18.1. The number of Topliss-reactive ketones (excluding diaryl/α,β-unsaturated/α-hetero) is 1. The summed E-state index contributed by atoms with van der Waals surface area (Å²) in [5.74, 6) is 1.52. The Balaban J connectivity index is 1.55. The van der Waals surface area contributed by atoms with Crippen LogP contribution in [0.4, 0.5) is 4.79 Å². The fourth-order valence-electron chi connectivity index (χ4n) is 7.89. The largest absolute Gasteiger partial charge is 0.348 e. The van der Waals surface area contributed by atoms with Crippen LogP contribution in [0.2, 0.25) is 0 Å². The van der Waals surface area contributed by atoms with E-state index >= 15 is 0 Å². The van der Waals surface area contributed by atoms with E-state index in [9.17, 15) is 32.4 Å². The summed E-state index contributed by atoms with van der Waals surface area (Å²) in [6, 6.07) is 4.20. The molecular weight excluding hydrogens is 683 g/mol. The molecule has 13 heteroatoms. The molecule has 5 atom stereocenters. The van der Waals surface area contributed by atoms with Crippen molar-refractivity contribution in [2.24, 2.45) is 22.7 Å². The highest BCUT2D eigenvalue weighted by molar-refractivity contribution is 7.91. The van der Waals surface area contributed by atoms with E-state index in [4.69, 9.17) is 12.8 Å². The number of sulfone groups is 1. The highest BCUT2D eigenvalue weighted by Crippen LogP contribution is 2.65. The van der Waals surface area contributed by atoms with Gasteiger partial charge in [-0.2, -0.15) is 0 Å². The molecule has 0 spiro atoms. The molecule has 4 rings (SSSR count). The SMILES string of the molecule is C#CCCNC(=O)C(=O)C(CCC#C)NC(=O)[C@@H]1[C@H]2C(CN1C(=O)[C@@H](NC(=O)NC1(CS(=O)(=O)c3ccccc3)CCCCC1)C(C)(C)C)C2(C)C. The van der Waals surface area contributed by atoms with Gasteiger partial charge in [-0.15, -0.1) is 24.7 Å². The smallest absolute Gasteiger partial charge is 0.315 e. The summed E-state index contributed by atoms with van der Waals surface area (Å²) in [7, 11) is -3.74. The van der Waals surface area contributed by atoms with Crippen molar-refractivity contribution in [1.29, 1.82) is 0 Å². The number of piperidine rings is 1. The average Bonchev–Trinajstić information content (AvgIpc) is 3.38. The van der Waals surface area contributed by atoms with Gasteiger partial charge in [0.1, 0.15) is 12.1 Å². The molecule has 2 aliphatic carbocycles. The number of hydrogen-bond acceptors (Lipinski definition) is 7. The molecule has 0 bridgehead atoms. The number of fused-ring (bicyclic) bond motifs is 1. The van der Waals surface area contributed by atoms with Gasteiger partial charge in [-0.3, -0.25) is 19.2 Å². The number of urea groups is 1. The van der Waals surface area contributed by atoms with Crippen LogP contribution in [0.3, 0.4) is 0 Å². The Morgan fingerprint density at radius 1 is 0.962 bits per heavy atom. The number of ketones is 1. The first-order chi connectivity index (χ1) is 24.4. The van der Waals surface area contributed by atoms with E-state index in [1.54, 1.807) is 39.0 Å². The minimum Gasteiger partial charge on any atom is -0.348 e. The van der Waals surface area contributed by atoms with Crippen molar-refractivity contribution < 1.29 is 32.4 Å². The molecule has 1 aromatic carbocycles. The lowest BCUT2D eigenvalue weighted by Crippen LogP contribution is -2.63. The van der Waals surface area contributed by atoms with Crippen molar-refractivity contribution in [3.8, 4) is 24.7 Å². The highest BCUT2D eigenvalue weighted by atomic mass is 32.2. The van der Waals surface area contributed by atoms with E-state index in [2.05, 4.69) is 33.1 Å². The summed E-state index contributed by atoms with van der Waals surface area (Å²) in [6.45, 7) is 9.80. The lowest BCUT2D eigenvalue weighted by Gasteiger charge is -2.40. The van der Waals surface area contributed by atoms with Gasteiger partial charge in [0.2, 0.25) is 17.6 Å². The molecule has 0 aromatic heterocycles. The van der Waals surface area contributed by atoms with Gasteiger partial charge in [0.15, 0.2) is 9.84 Å². The van der Waals surface area contributed by atoms with Gasteiger partial charge < -0.3 is 26.2 Å². The first kappa shape index (κ1) is 40.4. The number of amides is 5. The predicted octanol–water partition coefficient (Wildman–Crippen LogP) is 2.97. The number of carbonyl (C=O) groups is 5. The Kier molecular flexibility index (Phi) is 12.5. The molecule has 5 amide bonds. The number of rotatable bonds is 14. The number of benzene rings is 1. The Morgan fingerprint density at radius 2 is 1.60 bits per heavy atom. The van der Waals surface area contributed by atoms with Crippen molar-refractivity contribution in [3.05, 3.63) is 30.3 Å². The number of nitrogens with one attached hydrogen (secondary N) is 4. The number of carbonyl (C=O) groups excluding carboxylic acids is 5. The first-order valence-electron chi connectivity index (χ1n) is 18.0. The Morgan fingerprint density at radius 3 is 2.19 bits per heavy atom. The average molecular weight is 736 g/mol. The third-order valence-electron chi connectivity index (χ3n) is 10.9. The maximum Gasteiger partial charge on any atom is 0.315 e. The summed E-state index contributed by atoms with van der Waals surface area (Å²) in [4.78, 5) is 69.8. The zero-order valence-corrected chi connectivity index (χ0v) is 31.7. The van der Waals surface area contributed by atoms with Crippen LogP contribution in [-0.4, -0.2) is 85.4 Å². The van der Waals surface area contributed by atoms with E-state index in [1.807, 2.05) is 13.8 Å². The second-order valence-electron chi connectivity index (χ2n) is 16.1. The summed E-state index contributed by atoms with van der Waals surface area (Å²) in [6.07, 6.45) is 14.4. The van der Waals surface area contributed by atoms with Gasteiger partial charge in [0.05, 0.1) is 22.2 Å². The lowest BCUT2D eigenvalue weighted by molar-refractivity contribution is -0.145. The molecule has 1 aromatic rings. The van der Waals surface area contributed by atoms with Gasteiger partial charge in [0, 0.05) is 25.9 Å². The first-order valence-corrected chi connectivity index (χ1v) is 19.7. The van der Waals surface area contributed by atoms with Gasteiger partial charge in [-0.25, -0.2) is 13.2 Å². The molecule has 52 heavy (non-hydrogen) atoms. The lowest BCUT2D eigenvalue weighted by atomic mass is 9.83. The quantitative estimate of drug-likeness (QED) is 0.129. The molecule has 1 aliphatic heterocycles. The highest BCUT2D eigenvalue weighted by Gasteiger charge is 2.70. The van der Waals surface area contributed by atoms with Crippen LogP contribution in [0.25, 0.3) is 0 Å². The van der Waals surface area contributed by atoms with Crippen molar-refractivity contribution in [3.63, 3.8) is 0 Å². The van der Waals surface area contributed by atoms with E-state index in [0.717, 1.165) is 19.3 Å². The zero-order valence-electron chi connectivity index (χ0n) is 30.9. The normalized spacial score (nSPS) is 22.7. The molecule has 4 N–H and O–H groups in total. The Hall–Kier alpha value is -4.36. The fraction of sp³-hybridized carbons (Fsp3) is 0.615. The van der Waals surface area contributed by atoms with Crippen LogP contribution in [0.15, 0.2) is 35.2 Å². The second kappa shape index (κ2) is 16.1. The molecule has 2 saturated carbocycles. The van der Waals surface area contributed by atoms with Gasteiger partial charge in [0.25, 0.3) is 5.91 Å². The standard InChI is InChI=1S/C39H53N5O7S/c1-8-10-20-28(31(45)34(47)40-23-11-9-2)41-33(46)30-29-27(38(29,6)7)24-44(30)35(48)32(37(3,4)5)42-36(49)43-39(21-16-13-17-22-39)25-52(50,51)26-18-14-12-15-19-26/h1-2,12,14-15,18-19,27-30,32H,10-11,13,16-17,20-25H2,3-7H3,(H,40,47)(H,41,46)(H2,42,43,49)/t27?,28?,29-,30+,32-/m1/s1. The number of likely N-dealkylation sites (tertiary alicyclic amines) is 1. The summed E-state index contributed by atoms with van der Waals surface area (Å²) < 4.78 is 27.0. The zero-order chi connectivity index (χ0) is 38.5. The molecule has 1 heterocycles. The number of nitrogens with zero attached hydrogens (tertiary/aromatic N) is 1. The van der Waals surface area contributed by atoms with E-state index in [0.29, 0.717) is 12.8 Å². The van der Waals surface area contributed by atoms with Crippen LogP contribution in [0, 0.1) is 47.4 Å². The maximum atomic E-state index is 14.5. The summed E-state index contributed by atoms with van der Waals surface area (Å²) in [5, 5.41) is 11.0. The van der Waals surface area contributed by atoms with E-state index < -0.39 is 68.5 Å². The third kappa shape index (κ3) is 9.16. The third-order valence-corrected chi connectivity index (χ3v) is 12.8. The molecule has 282 valence electrons. The van der Waals surface area contributed by atoms with Gasteiger partial charge in [-0.1, -0.05) is 72.1 Å². The predicted molar refractivity (Wildman–Crippen MR) is 197 cm³/mol. The van der Waals surface area contributed by atoms with E-state index in [-0.39, 0.29) is 60.3 Å². The van der Waals surface area contributed by atoms with Crippen LogP contribution < -0.4 is 21.3 Å². The fourth-order valence-corrected chi connectivity index (χ4v) is 9.72. The number of terminal acetylenes is 2. The van der Waals surface area contributed by atoms with Crippen LogP contribution in [-0.2, 0) is 29.0 Å². The molecule has 2 unspecified atom stereocenters. The van der Waals surface area contributed by atoms with Crippen molar-refractivity contribution in [2.45, 2.75) is 115 Å². The molecule has 1 saturated heterocycles. The van der Waals surface area contributed by atoms with Gasteiger partial charge in [-0.05, 0) is 54.1 Å². The molecule has 0 radical (unpaired) electrons. The van der Waals surface area contributed by atoms with Crippen LogP contribution >= 0.6 is 0 Å². The topological polar surface area (TPSA) is 171 Å². The monoisotopic (exact) mass is 735 g/mol. The summed E-state index contributed by atoms with van der Waals surface area (Å²) in [5.41, 5.74) is -2.10. The van der Waals surface area contributed by atoms with Crippen LogP contribution in [0.1, 0.15) is 86.0 Å². The molecule has 12 nitrogen and oxygen atoms in total. The minimum atomic E-state index is -3.74. The Bertz CT molecular complexity index is 1710. The van der Waals surface area contributed by atoms with Crippen molar-refractivity contribution >= 4 is 39.4 Å². The molecule has 3 aliphatic rings. The van der Waals surface area contributed by atoms with Gasteiger partial charge >= 0.3 is 6.03 Å². The number of hydrogen-bond donors (Lipinski definition) is 4. The van der Waals surface area contributed by atoms with Crippen LogP contribution in [0.5, 0.6) is 0 Å².